The van der Waals surface area contributed by atoms with Gasteiger partial charge in [0.15, 0.2) is 5.96 Å². The van der Waals surface area contributed by atoms with E-state index in [-0.39, 0.29) is 51.8 Å². The number of benzene rings is 1. The van der Waals surface area contributed by atoms with Gasteiger partial charge in [-0.3, -0.25) is 25.3 Å². The number of carboxylic acids is 1. The molecule has 4 saturated carbocycles. The second-order valence-corrected chi connectivity index (χ2v) is 14.2. The van der Waals surface area contributed by atoms with Gasteiger partial charge in [-0.1, -0.05) is 12.1 Å². The summed E-state index contributed by atoms with van der Waals surface area (Å²) in [4.78, 5) is 39.5. The van der Waals surface area contributed by atoms with Gasteiger partial charge in [0.25, 0.3) is 5.91 Å². The van der Waals surface area contributed by atoms with Crippen LogP contribution in [0.5, 0.6) is 0 Å². The molecule has 1 aromatic carbocycles. The van der Waals surface area contributed by atoms with E-state index in [1.807, 2.05) is 29.3 Å². The Bertz CT molecular complexity index is 1210. The van der Waals surface area contributed by atoms with Crippen molar-refractivity contribution in [1.29, 1.82) is 5.41 Å². The van der Waals surface area contributed by atoms with Crippen LogP contribution in [0.2, 0.25) is 0 Å². The molecule has 0 aromatic heterocycles. The largest absolute Gasteiger partial charge is 0.480 e. The molecule has 13 heteroatoms. The normalized spacial score (nSPS) is 30.7. The zero-order valence-corrected chi connectivity index (χ0v) is 29.9. The van der Waals surface area contributed by atoms with Crippen molar-refractivity contribution in [3.8, 4) is 0 Å². The first kappa shape index (κ1) is 36.6. The molecule has 2 heterocycles. The molecule has 3 atom stereocenters. The number of fused-ring (bicyclic) bond motifs is 1. The van der Waals surface area contributed by atoms with Crippen molar-refractivity contribution in [2.24, 2.45) is 28.9 Å². The monoisotopic (exact) mass is 768 g/mol. The predicted octanol–water partition coefficient (Wildman–Crippen LogP) is 4.64. The number of amides is 1. The van der Waals surface area contributed by atoms with Crippen LogP contribution in [-0.2, 0) is 25.5 Å². The number of nitrogens with one attached hydrogen (secondary N) is 3. The smallest absolute Gasteiger partial charge is 0.328 e. The maximum Gasteiger partial charge on any atom is 0.328 e. The molecule has 6 aliphatic rings. The number of hydrogen-bond acceptors (Lipinski definition) is 7. The molecule has 2 aliphatic heterocycles. The van der Waals surface area contributed by atoms with E-state index in [0.29, 0.717) is 56.5 Å². The number of hydrogen-bond donors (Lipinski definition) is 5. The Morgan fingerprint density at radius 3 is 2.22 bits per heavy atom. The third kappa shape index (κ3) is 8.43. The first-order valence-electron chi connectivity index (χ1n) is 16.6. The van der Waals surface area contributed by atoms with Crippen LogP contribution in [0, 0.1) is 28.6 Å². The molecular weight excluding hydrogens is 720 g/mol. The predicted molar refractivity (Wildman–Crippen MR) is 186 cm³/mol. The number of carbonyl (C=O) groups excluding carboxylic acids is 2. The van der Waals surface area contributed by atoms with Gasteiger partial charge >= 0.3 is 11.9 Å². The molecule has 7 rings (SSSR count). The van der Waals surface area contributed by atoms with E-state index >= 15 is 0 Å². The molecule has 11 nitrogen and oxygen atoms in total. The number of guanidine groups is 1. The highest BCUT2D eigenvalue weighted by Gasteiger charge is 2.50. The van der Waals surface area contributed by atoms with Crippen LogP contribution in [0.4, 0.5) is 5.69 Å². The van der Waals surface area contributed by atoms with Crippen molar-refractivity contribution in [2.45, 2.75) is 102 Å². The highest BCUT2D eigenvalue weighted by molar-refractivity contribution is 8.93. The number of halogens is 2. The SMILES string of the molecule is Br.Br.N=C(N)Nc1ccc(CC[C@H](N[C@H]2CCCN3CCC[C@@H](C(=O)O)N3C2=O)C(=O)OCCC23CC4CC(CC(C4)C2)C3)cc1. The maximum absolute atomic E-state index is 13.8. The number of aryl methyl sites for hydroxylation is 1. The fourth-order valence-electron chi connectivity index (χ4n) is 9.35. The van der Waals surface area contributed by atoms with Crippen LogP contribution in [-0.4, -0.2) is 76.8 Å². The third-order valence-corrected chi connectivity index (χ3v) is 10.9. The number of aliphatic carboxylic acids is 1. The van der Waals surface area contributed by atoms with Crippen molar-refractivity contribution in [2.75, 3.05) is 25.0 Å². The van der Waals surface area contributed by atoms with Crippen molar-refractivity contribution in [1.82, 2.24) is 15.3 Å². The van der Waals surface area contributed by atoms with E-state index < -0.39 is 24.1 Å². The third-order valence-electron chi connectivity index (χ3n) is 10.9. The average molecular weight is 771 g/mol. The number of anilines is 1. The van der Waals surface area contributed by atoms with Crippen LogP contribution in [0.1, 0.15) is 82.6 Å². The maximum atomic E-state index is 13.8. The minimum atomic E-state index is -0.993. The Hall–Kier alpha value is -2.22. The quantitative estimate of drug-likeness (QED) is 0.123. The standard InChI is InChI=1S/C33H48N6O5.2BrH/c34-32(35)36-25-8-5-21(6-9-25)7-10-27(31(43)44-14-11-33-18-22-15-23(19-33)17-24(16-22)20-33)37-26-3-1-12-38-13-2-4-28(30(41)42)39(38)29(26)40;;/h5-6,8-9,22-24,26-28,37H,1-4,7,10-20H2,(H,41,42)(H4,34,35,36);2*1H/t22?,23?,24?,26-,27-,28-,33?;;/m0../s1. The number of nitrogens with two attached hydrogens (primary N) is 1. The molecular formula is C33H50Br2N6O5. The molecule has 6 fully saturated rings. The van der Waals surface area contributed by atoms with Crippen LogP contribution in [0.15, 0.2) is 24.3 Å². The summed E-state index contributed by atoms with van der Waals surface area (Å²) in [5, 5.41) is 26.7. The van der Waals surface area contributed by atoms with Crippen molar-refractivity contribution in [3.05, 3.63) is 29.8 Å². The fraction of sp³-hybridized carbons (Fsp3) is 0.697. The minimum absolute atomic E-state index is 0. The van der Waals surface area contributed by atoms with Gasteiger partial charge in [-0.25, -0.2) is 9.80 Å². The lowest BCUT2D eigenvalue weighted by Crippen LogP contribution is -2.61. The second kappa shape index (κ2) is 15.8. The molecule has 4 aliphatic carbocycles. The van der Waals surface area contributed by atoms with Gasteiger partial charge in [-0.15, -0.1) is 34.0 Å². The Balaban J connectivity index is 0.00000240. The molecule has 1 aromatic rings. The molecule has 4 bridgehead atoms. The highest BCUT2D eigenvalue weighted by atomic mass is 79.9. The van der Waals surface area contributed by atoms with E-state index in [4.69, 9.17) is 15.9 Å². The molecule has 6 N–H and O–H groups in total. The zero-order valence-electron chi connectivity index (χ0n) is 26.5. The number of hydrazine groups is 1. The van der Waals surface area contributed by atoms with Gasteiger partial charge in [0.1, 0.15) is 12.1 Å². The summed E-state index contributed by atoms with van der Waals surface area (Å²) < 4.78 is 5.99. The Kier molecular flexibility index (Phi) is 12.6. The summed E-state index contributed by atoms with van der Waals surface area (Å²) in [6, 6.07) is 5.30. The molecule has 0 spiro atoms. The van der Waals surface area contributed by atoms with E-state index in [1.54, 1.807) is 0 Å². The summed E-state index contributed by atoms with van der Waals surface area (Å²) in [7, 11) is 0. The van der Waals surface area contributed by atoms with E-state index in [1.165, 1.54) is 43.5 Å². The van der Waals surface area contributed by atoms with Gasteiger partial charge in [0.05, 0.1) is 12.6 Å². The molecule has 46 heavy (non-hydrogen) atoms. The Labute approximate surface area is 292 Å². The van der Waals surface area contributed by atoms with Crippen molar-refractivity contribution in [3.63, 3.8) is 0 Å². The number of esters is 1. The molecule has 256 valence electrons. The Morgan fingerprint density at radius 1 is 1.02 bits per heavy atom. The van der Waals surface area contributed by atoms with E-state index in [9.17, 15) is 19.5 Å². The molecule has 0 unspecified atom stereocenters. The second-order valence-electron chi connectivity index (χ2n) is 14.2. The van der Waals surface area contributed by atoms with Gasteiger partial charge in [-0.05, 0) is 124 Å². The zero-order chi connectivity index (χ0) is 30.8. The lowest BCUT2D eigenvalue weighted by atomic mass is 9.49. The van der Waals surface area contributed by atoms with Crippen molar-refractivity contribution >= 4 is 63.5 Å². The highest BCUT2D eigenvalue weighted by Crippen LogP contribution is 2.61. The van der Waals surface area contributed by atoms with Gasteiger partial charge in [0, 0.05) is 18.8 Å². The van der Waals surface area contributed by atoms with E-state index in [0.717, 1.165) is 42.6 Å². The Morgan fingerprint density at radius 2 is 1.63 bits per heavy atom. The summed E-state index contributed by atoms with van der Waals surface area (Å²) >= 11 is 0. The van der Waals surface area contributed by atoms with Crippen molar-refractivity contribution < 1.29 is 24.2 Å². The number of ether oxygens (including phenoxy) is 1. The van der Waals surface area contributed by atoms with Crippen LogP contribution in [0.3, 0.4) is 0 Å². The minimum Gasteiger partial charge on any atom is -0.480 e. The van der Waals surface area contributed by atoms with Crippen LogP contribution < -0.4 is 16.4 Å². The van der Waals surface area contributed by atoms with Gasteiger partial charge in [0.2, 0.25) is 0 Å². The van der Waals surface area contributed by atoms with E-state index in [2.05, 4.69) is 10.6 Å². The summed E-state index contributed by atoms with van der Waals surface area (Å²) in [6.45, 7) is 1.68. The lowest BCUT2D eigenvalue weighted by Gasteiger charge is -2.57. The average Bonchev–Trinajstić information content (AvgIpc) is 3.13. The molecule has 2 saturated heterocycles. The van der Waals surface area contributed by atoms with Gasteiger partial charge in [-0.2, -0.15) is 0 Å². The number of carbonyl (C=O) groups is 3. The van der Waals surface area contributed by atoms with Gasteiger partial charge < -0.3 is 20.9 Å². The van der Waals surface area contributed by atoms with Crippen LogP contribution >= 0.6 is 34.0 Å². The first-order valence-corrected chi connectivity index (χ1v) is 16.6. The number of rotatable bonds is 11. The molecule has 1 amide bonds. The molecule has 0 radical (unpaired) electrons. The fourth-order valence-corrected chi connectivity index (χ4v) is 9.35. The topological polar surface area (TPSA) is 161 Å². The number of nitrogens with zero attached hydrogens (tertiary/aromatic N) is 2. The summed E-state index contributed by atoms with van der Waals surface area (Å²) in [5.74, 6) is 0.777. The lowest BCUT2D eigenvalue weighted by molar-refractivity contribution is -0.174. The number of carboxylic acid groups (broad SMARTS) is 1. The summed E-state index contributed by atoms with van der Waals surface area (Å²) in [5.41, 5.74) is 7.47. The summed E-state index contributed by atoms with van der Waals surface area (Å²) in [6.07, 6.45) is 12.3. The first-order chi connectivity index (χ1) is 21.2. The van der Waals surface area contributed by atoms with Crippen LogP contribution in [0.25, 0.3) is 0 Å².